The van der Waals surface area contributed by atoms with E-state index in [1.54, 1.807) is 0 Å². The molecule has 0 N–H and O–H groups in total. The molecule has 1 aromatic rings. The molecule has 0 radical (unpaired) electrons. The molecule has 1 fully saturated rings. The van der Waals surface area contributed by atoms with Crippen molar-refractivity contribution in [1.82, 2.24) is 0 Å². The fourth-order valence-electron chi connectivity index (χ4n) is 4.16. The maximum Gasteiger partial charge on any atom is 0.163 e. The smallest absolute Gasteiger partial charge is 0.163 e. The lowest BCUT2D eigenvalue weighted by molar-refractivity contribution is 0.0942. The Morgan fingerprint density at radius 1 is 0.926 bits per heavy atom. The number of carbonyl (C=O) groups excluding carboxylic acids is 1. The highest BCUT2D eigenvalue weighted by Gasteiger charge is 2.23. The van der Waals surface area contributed by atoms with E-state index in [1.165, 1.54) is 55.2 Å². The van der Waals surface area contributed by atoms with E-state index >= 15 is 0 Å². The van der Waals surface area contributed by atoms with Gasteiger partial charge in [0.2, 0.25) is 0 Å². The lowest BCUT2D eigenvalue weighted by Gasteiger charge is -2.28. The van der Waals surface area contributed by atoms with Gasteiger partial charge in [0.15, 0.2) is 5.78 Å². The zero-order valence-electron chi connectivity index (χ0n) is 16.9. The molecule has 0 unspecified atom stereocenters. The molecule has 27 heavy (non-hydrogen) atoms. The van der Waals surface area contributed by atoms with Gasteiger partial charge < -0.3 is 0 Å². The highest BCUT2D eigenvalue weighted by Crippen LogP contribution is 2.35. The van der Waals surface area contributed by atoms with Crippen LogP contribution in [0.1, 0.15) is 80.6 Å². The van der Waals surface area contributed by atoms with Gasteiger partial charge in [0.1, 0.15) is 0 Å². The van der Waals surface area contributed by atoms with Gasteiger partial charge in [-0.2, -0.15) is 0 Å². The van der Waals surface area contributed by atoms with Crippen LogP contribution >= 0.6 is 0 Å². The first kappa shape index (κ1) is 19.7. The Balaban J connectivity index is 1.42. The van der Waals surface area contributed by atoms with Crippen LogP contribution in [0.5, 0.6) is 0 Å². The lowest BCUT2D eigenvalue weighted by atomic mass is 9.77. The maximum absolute atomic E-state index is 12.5. The molecule has 2 aliphatic rings. The molecule has 1 aromatic carbocycles. The van der Waals surface area contributed by atoms with Crippen LogP contribution in [0, 0.1) is 30.6 Å². The summed E-state index contributed by atoms with van der Waals surface area (Å²) in [5.41, 5.74) is 4.93. The van der Waals surface area contributed by atoms with Crippen LogP contribution in [0.3, 0.4) is 0 Å². The molecular weight excluding hydrogens is 328 g/mol. The normalized spacial score (nSPS) is 26.4. The summed E-state index contributed by atoms with van der Waals surface area (Å²) in [5.74, 6) is 8.27. The van der Waals surface area contributed by atoms with E-state index in [4.69, 9.17) is 0 Å². The monoisotopic (exact) mass is 360 g/mol. The minimum absolute atomic E-state index is 0.318. The van der Waals surface area contributed by atoms with Crippen molar-refractivity contribution in [3.8, 4) is 11.8 Å². The van der Waals surface area contributed by atoms with Crippen molar-refractivity contribution in [2.75, 3.05) is 0 Å². The molecule has 0 amide bonds. The number of hydrogen-bond acceptors (Lipinski definition) is 1. The first-order valence-corrected chi connectivity index (χ1v) is 10.5. The molecule has 1 nitrogen and oxygen atoms in total. The van der Waals surface area contributed by atoms with E-state index in [9.17, 15) is 4.79 Å². The Kier molecular flexibility index (Phi) is 7.11. The van der Waals surface area contributed by atoms with Crippen molar-refractivity contribution in [1.29, 1.82) is 0 Å². The number of rotatable bonds is 6. The molecule has 2 aliphatic carbocycles. The average molecular weight is 361 g/mol. The van der Waals surface area contributed by atoms with Crippen LogP contribution < -0.4 is 0 Å². The summed E-state index contributed by atoms with van der Waals surface area (Å²) in [6.45, 7) is 4.22. The fourth-order valence-corrected chi connectivity index (χ4v) is 4.16. The standard InChI is InChI=1S/C26H32O/c1-20-5-3-4-6-22(10-7-20)11-12-23-13-15-24(16-14-23)19-26(27)25-17-8-21(2)9-18-25/h7-10,17-18,23-24H,5-6,11-16,19H2,1-2H3/b20-7-,22-10+. The molecule has 1 saturated carbocycles. The summed E-state index contributed by atoms with van der Waals surface area (Å²) in [4.78, 5) is 12.5. The molecule has 0 heterocycles. The zero-order chi connectivity index (χ0) is 19.1. The highest BCUT2D eigenvalue weighted by molar-refractivity contribution is 5.96. The first-order chi connectivity index (χ1) is 13.1. The van der Waals surface area contributed by atoms with E-state index in [0.717, 1.165) is 30.7 Å². The Labute approximate surface area is 165 Å². The molecule has 0 spiro atoms. The highest BCUT2D eigenvalue weighted by atomic mass is 16.1. The number of aryl methyl sites for hydroxylation is 1. The summed E-state index contributed by atoms with van der Waals surface area (Å²) in [6.07, 6.45) is 14.5. The lowest BCUT2D eigenvalue weighted by Crippen LogP contribution is -2.17. The van der Waals surface area contributed by atoms with E-state index in [2.05, 4.69) is 37.8 Å². The average Bonchev–Trinajstić information content (AvgIpc) is 2.66. The van der Waals surface area contributed by atoms with Crippen molar-refractivity contribution >= 4 is 5.78 Å². The molecule has 0 atom stereocenters. The van der Waals surface area contributed by atoms with Gasteiger partial charge in [0.05, 0.1) is 0 Å². The molecule has 0 aliphatic heterocycles. The third-order valence-corrected chi connectivity index (χ3v) is 6.10. The fraction of sp³-hybridized carbons (Fsp3) is 0.500. The van der Waals surface area contributed by atoms with Crippen molar-refractivity contribution in [3.05, 3.63) is 58.7 Å². The summed E-state index contributed by atoms with van der Waals surface area (Å²) in [6, 6.07) is 8.03. The van der Waals surface area contributed by atoms with Crippen molar-refractivity contribution in [2.24, 2.45) is 11.8 Å². The van der Waals surface area contributed by atoms with E-state index < -0.39 is 0 Å². The van der Waals surface area contributed by atoms with Gasteiger partial charge in [0, 0.05) is 24.8 Å². The van der Waals surface area contributed by atoms with Crippen LogP contribution in [0.4, 0.5) is 0 Å². The summed E-state index contributed by atoms with van der Waals surface area (Å²) >= 11 is 0. The predicted octanol–water partition coefficient (Wildman–Crippen LogP) is 6.82. The van der Waals surface area contributed by atoms with Crippen LogP contribution in [-0.2, 0) is 0 Å². The second-order valence-corrected chi connectivity index (χ2v) is 8.46. The second-order valence-electron chi connectivity index (χ2n) is 8.46. The quantitative estimate of drug-likeness (QED) is 0.401. The summed E-state index contributed by atoms with van der Waals surface area (Å²) in [5, 5.41) is 0. The van der Waals surface area contributed by atoms with Crippen molar-refractivity contribution < 1.29 is 4.79 Å². The van der Waals surface area contributed by atoms with Gasteiger partial charge in [-0.1, -0.05) is 77.8 Å². The van der Waals surface area contributed by atoms with Crippen LogP contribution in [0.25, 0.3) is 0 Å². The molecule has 1 heteroatoms. The van der Waals surface area contributed by atoms with Crippen LogP contribution in [-0.4, -0.2) is 5.78 Å². The molecule has 142 valence electrons. The maximum atomic E-state index is 12.5. The summed E-state index contributed by atoms with van der Waals surface area (Å²) < 4.78 is 0. The summed E-state index contributed by atoms with van der Waals surface area (Å²) in [7, 11) is 0. The van der Waals surface area contributed by atoms with Gasteiger partial charge >= 0.3 is 0 Å². The molecule has 0 bridgehead atoms. The van der Waals surface area contributed by atoms with Gasteiger partial charge in [-0.25, -0.2) is 0 Å². The topological polar surface area (TPSA) is 17.1 Å². The van der Waals surface area contributed by atoms with E-state index in [0.29, 0.717) is 11.7 Å². The van der Waals surface area contributed by atoms with Gasteiger partial charge in [-0.3, -0.25) is 4.79 Å². The number of Topliss-reactive ketones (excluding diaryl/α,β-unsaturated/α-hetero) is 1. The van der Waals surface area contributed by atoms with Crippen LogP contribution in [0.15, 0.2) is 47.6 Å². The first-order valence-electron chi connectivity index (χ1n) is 10.5. The Hall–Kier alpha value is -2.07. The third kappa shape index (κ3) is 6.24. The van der Waals surface area contributed by atoms with Gasteiger partial charge in [0.25, 0.3) is 0 Å². The van der Waals surface area contributed by atoms with Crippen molar-refractivity contribution in [2.45, 2.75) is 71.6 Å². The molecular formula is C26H32O. The minimum atomic E-state index is 0.318. The number of allylic oxidation sites excluding steroid dienone is 4. The van der Waals surface area contributed by atoms with Crippen molar-refractivity contribution in [3.63, 3.8) is 0 Å². The minimum Gasteiger partial charge on any atom is -0.294 e. The van der Waals surface area contributed by atoms with Gasteiger partial charge in [-0.05, 0) is 51.4 Å². The van der Waals surface area contributed by atoms with E-state index in [1.807, 2.05) is 24.3 Å². The van der Waals surface area contributed by atoms with Crippen LogP contribution in [0.2, 0.25) is 0 Å². The number of ketones is 1. The Morgan fingerprint density at radius 3 is 2.33 bits per heavy atom. The molecule has 0 saturated heterocycles. The Morgan fingerprint density at radius 2 is 1.59 bits per heavy atom. The number of hydrogen-bond donors (Lipinski definition) is 0. The molecule has 3 rings (SSSR count). The second kappa shape index (κ2) is 9.75. The third-order valence-electron chi connectivity index (χ3n) is 6.10. The zero-order valence-corrected chi connectivity index (χ0v) is 16.9. The van der Waals surface area contributed by atoms with Gasteiger partial charge in [-0.15, -0.1) is 0 Å². The largest absolute Gasteiger partial charge is 0.294 e. The Bertz CT molecular complexity index is 759. The predicted molar refractivity (Wildman–Crippen MR) is 114 cm³/mol. The SMILES string of the molecule is C/C1=C/C=C(/CCC2CCC(CC(=O)c3ccc(C)cc3)CC2)CC#CC1. The number of benzene rings is 1. The van der Waals surface area contributed by atoms with E-state index in [-0.39, 0.29) is 0 Å². The molecule has 0 aromatic heterocycles. The number of carbonyl (C=O) groups is 1.